The molecule has 3 nitrogen and oxygen atoms in total. The van der Waals surface area contributed by atoms with Gasteiger partial charge < -0.3 is 9.84 Å². The van der Waals surface area contributed by atoms with E-state index in [4.69, 9.17) is 9.84 Å². The Morgan fingerprint density at radius 1 is 1.56 bits per heavy atom. The molecule has 2 aliphatic rings. The third-order valence-corrected chi connectivity index (χ3v) is 3.76. The van der Waals surface area contributed by atoms with Crippen LogP contribution in [0.2, 0.25) is 0 Å². The molecule has 3 heteroatoms. The Morgan fingerprint density at radius 2 is 2.38 bits per heavy atom. The molecular weight excluding hydrogens is 202 g/mol. The second-order valence-electron chi connectivity index (χ2n) is 5.33. The number of rotatable bonds is 4. The van der Waals surface area contributed by atoms with Gasteiger partial charge in [-0.1, -0.05) is 11.6 Å². The molecule has 0 unspecified atom stereocenters. The molecule has 2 heterocycles. The normalized spacial score (nSPS) is 32.9. The number of aliphatic hydroxyl groups is 1. The summed E-state index contributed by atoms with van der Waals surface area (Å²) >= 11 is 0. The van der Waals surface area contributed by atoms with Crippen molar-refractivity contribution in [3.63, 3.8) is 0 Å². The number of aliphatic hydroxyl groups excluding tert-OH is 1. The maximum absolute atomic E-state index is 8.97. The van der Waals surface area contributed by atoms with Gasteiger partial charge in [0.2, 0.25) is 0 Å². The molecule has 2 saturated heterocycles. The lowest BCUT2D eigenvalue weighted by atomic mass is 9.93. The van der Waals surface area contributed by atoms with Crippen LogP contribution in [0.25, 0.3) is 0 Å². The highest BCUT2D eigenvalue weighted by Crippen LogP contribution is 2.41. The van der Waals surface area contributed by atoms with E-state index < -0.39 is 0 Å². The fourth-order valence-corrected chi connectivity index (χ4v) is 2.97. The van der Waals surface area contributed by atoms with Gasteiger partial charge in [-0.2, -0.15) is 0 Å². The van der Waals surface area contributed by atoms with Gasteiger partial charge >= 0.3 is 0 Å². The van der Waals surface area contributed by atoms with E-state index in [2.05, 4.69) is 18.7 Å². The molecule has 0 aromatic carbocycles. The van der Waals surface area contributed by atoms with E-state index in [1.54, 1.807) is 0 Å². The number of hydrogen-bond acceptors (Lipinski definition) is 3. The van der Waals surface area contributed by atoms with Gasteiger partial charge in [0.05, 0.1) is 19.3 Å². The Morgan fingerprint density at radius 3 is 3.06 bits per heavy atom. The zero-order valence-electron chi connectivity index (χ0n) is 10.4. The van der Waals surface area contributed by atoms with Crippen molar-refractivity contribution in [3.05, 3.63) is 11.6 Å². The molecule has 0 aromatic heterocycles. The van der Waals surface area contributed by atoms with Crippen molar-refractivity contribution >= 4 is 0 Å². The molecule has 0 spiro atoms. The Bertz CT molecular complexity index is 275. The largest absolute Gasteiger partial charge is 0.392 e. The molecular formula is C13H23NO2. The van der Waals surface area contributed by atoms with Crippen LogP contribution in [0.4, 0.5) is 0 Å². The van der Waals surface area contributed by atoms with Crippen LogP contribution in [0.1, 0.15) is 33.1 Å². The van der Waals surface area contributed by atoms with Crippen LogP contribution in [-0.4, -0.2) is 48.0 Å². The van der Waals surface area contributed by atoms with Gasteiger partial charge in [-0.15, -0.1) is 0 Å². The molecule has 2 aliphatic heterocycles. The predicted octanol–water partition coefficient (Wildman–Crippen LogP) is 1.57. The molecule has 92 valence electrons. The molecule has 2 rings (SSSR count). The fourth-order valence-electron chi connectivity index (χ4n) is 2.97. The standard InChI is InChI=1S/C13H23NO2/c1-11(2)16-10-13-5-3-6-14(13)9-12(8-13)4-7-15/h4,11,15H,3,5-10H2,1-2H3/b12-4-/t13-/m0/s1. The van der Waals surface area contributed by atoms with Crippen molar-refractivity contribution in [2.45, 2.75) is 44.8 Å². The predicted molar refractivity (Wildman–Crippen MR) is 64.4 cm³/mol. The molecule has 0 aliphatic carbocycles. The summed E-state index contributed by atoms with van der Waals surface area (Å²) in [6.07, 6.45) is 5.88. The van der Waals surface area contributed by atoms with Crippen LogP contribution in [0, 0.1) is 0 Å². The SMILES string of the molecule is CC(C)OC[C@@]12CCCN1C/C(=C\CO)C2. The summed E-state index contributed by atoms with van der Waals surface area (Å²) in [4.78, 5) is 2.54. The summed E-state index contributed by atoms with van der Waals surface area (Å²) in [6.45, 7) is 7.41. The Balaban J connectivity index is 2.02. The van der Waals surface area contributed by atoms with Crippen LogP contribution >= 0.6 is 0 Å². The first-order valence-corrected chi connectivity index (χ1v) is 6.32. The highest BCUT2D eigenvalue weighted by atomic mass is 16.5. The molecule has 2 fully saturated rings. The molecule has 1 N–H and O–H groups in total. The van der Waals surface area contributed by atoms with Gasteiger partial charge in [0, 0.05) is 12.1 Å². The van der Waals surface area contributed by atoms with Crippen molar-refractivity contribution in [1.82, 2.24) is 4.90 Å². The summed E-state index contributed by atoms with van der Waals surface area (Å²) in [5.41, 5.74) is 1.63. The van der Waals surface area contributed by atoms with Crippen molar-refractivity contribution < 1.29 is 9.84 Å². The van der Waals surface area contributed by atoms with Crippen LogP contribution in [0.15, 0.2) is 11.6 Å². The summed E-state index contributed by atoms with van der Waals surface area (Å²) in [5, 5.41) is 8.97. The lowest BCUT2D eigenvalue weighted by Gasteiger charge is -2.32. The summed E-state index contributed by atoms with van der Waals surface area (Å²) < 4.78 is 5.83. The quantitative estimate of drug-likeness (QED) is 0.737. The van der Waals surface area contributed by atoms with Crippen molar-refractivity contribution in [3.8, 4) is 0 Å². The highest BCUT2D eigenvalue weighted by Gasteiger charge is 2.46. The lowest BCUT2D eigenvalue weighted by Crippen LogP contribution is -2.43. The van der Waals surface area contributed by atoms with Gasteiger partial charge in [-0.25, -0.2) is 0 Å². The third-order valence-electron chi connectivity index (χ3n) is 3.76. The van der Waals surface area contributed by atoms with Gasteiger partial charge in [0.15, 0.2) is 0 Å². The van der Waals surface area contributed by atoms with Gasteiger partial charge in [0.25, 0.3) is 0 Å². The number of ether oxygens (including phenoxy) is 1. The lowest BCUT2D eigenvalue weighted by molar-refractivity contribution is 0.00328. The van der Waals surface area contributed by atoms with Crippen molar-refractivity contribution in [2.24, 2.45) is 0 Å². The number of fused-ring (bicyclic) bond motifs is 1. The third kappa shape index (κ3) is 2.31. The minimum atomic E-state index is 0.171. The Hall–Kier alpha value is -0.380. The first-order chi connectivity index (χ1) is 7.66. The second-order valence-corrected chi connectivity index (χ2v) is 5.33. The zero-order chi connectivity index (χ0) is 11.6. The zero-order valence-corrected chi connectivity index (χ0v) is 10.4. The Labute approximate surface area is 98.1 Å². The van der Waals surface area contributed by atoms with E-state index in [9.17, 15) is 0 Å². The van der Waals surface area contributed by atoms with E-state index >= 15 is 0 Å². The van der Waals surface area contributed by atoms with Crippen LogP contribution in [-0.2, 0) is 4.74 Å². The van der Waals surface area contributed by atoms with E-state index in [1.807, 2.05) is 6.08 Å². The molecule has 0 radical (unpaired) electrons. The maximum atomic E-state index is 8.97. The van der Waals surface area contributed by atoms with Crippen LogP contribution in [0.5, 0.6) is 0 Å². The van der Waals surface area contributed by atoms with E-state index in [0.29, 0.717) is 6.10 Å². The monoisotopic (exact) mass is 225 g/mol. The average molecular weight is 225 g/mol. The molecule has 0 bridgehead atoms. The smallest absolute Gasteiger partial charge is 0.0657 e. The minimum Gasteiger partial charge on any atom is -0.392 e. The second kappa shape index (κ2) is 4.86. The van der Waals surface area contributed by atoms with E-state index in [-0.39, 0.29) is 12.1 Å². The summed E-state index contributed by atoms with van der Waals surface area (Å²) in [5.74, 6) is 0. The highest BCUT2D eigenvalue weighted by molar-refractivity contribution is 5.20. The molecule has 0 saturated carbocycles. The molecule has 0 amide bonds. The minimum absolute atomic E-state index is 0.171. The van der Waals surface area contributed by atoms with E-state index in [0.717, 1.165) is 19.6 Å². The Kier molecular flexibility index (Phi) is 3.67. The van der Waals surface area contributed by atoms with Gasteiger partial charge in [-0.05, 0) is 39.7 Å². The van der Waals surface area contributed by atoms with Gasteiger partial charge in [0.1, 0.15) is 0 Å². The maximum Gasteiger partial charge on any atom is 0.0657 e. The molecule has 0 aromatic rings. The number of hydrogen-bond donors (Lipinski definition) is 1. The van der Waals surface area contributed by atoms with E-state index in [1.165, 1.54) is 25.0 Å². The van der Waals surface area contributed by atoms with Crippen LogP contribution < -0.4 is 0 Å². The van der Waals surface area contributed by atoms with Gasteiger partial charge in [-0.3, -0.25) is 4.90 Å². The first-order valence-electron chi connectivity index (χ1n) is 6.32. The topological polar surface area (TPSA) is 32.7 Å². The molecule has 1 atom stereocenters. The average Bonchev–Trinajstić information content (AvgIpc) is 2.72. The molecule has 16 heavy (non-hydrogen) atoms. The summed E-state index contributed by atoms with van der Waals surface area (Å²) in [6, 6.07) is 0. The van der Waals surface area contributed by atoms with Crippen molar-refractivity contribution in [1.29, 1.82) is 0 Å². The van der Waals surface area contributed by atoms with Crippen molar-refractivity contribution in [2.75, 3.05) is 26.3 Å². The fraction of sp³-hybridized carbons (Fsp3) is 0.846. The van der Waals surface area contributed by atoms with Crippen LogP contribution in [0.3, 0.4) is 0 Å². The summed E-state index contributed by atoms with van der Waals surface area (Å²) in [7, 11) is 0. The first kappa shape index (κ1) is 12.1. The number of nitrogens with zero attached hydrogens (tertiary/aromatic N) is 1.